The molecule has 0 aliphatic carbocycles. The van der Waals surface area contributed by atoms with Gasteiger partial charge in [0.15, 0.2) is 0 Å². The van der Waals surface area contributed by atoms with Crippen molar-refractivity contribution in [1.29, 1.82) is 0 Å². The molecular weight excluding hydrogens is 266 g/mol. The fourth-order valence-electron chi connectivity index (χ4n) is 2.36. The summed E-state index contributed by atoms with van der Waals surface area (Å²) in [7, 11) is 3.34. The van der Waals surface area contributed by atoms with Gasteiger partial charge in [-0.25, -0.2) is 4.79 Å². The first-order valence-electron chi connectivity index (χ1n) is 7.17. The largest absolute Gasteiger partial charge is 0.465 e. The monoisotopic (exact) mass is 291 g/mol. The summed E-state index contributed by atoms with van der Waals surface area (Å²) in [5, 5.41) is 3.39. The number of nitrogen functional groups attached to an aromatic ring is 1. The van der Waals surface area contributed by atoms with Crippen molar-refractivity contribution < 1.29 is 9.53 Å². The van der Waals surface area contributed by atoms with Crippen molar-refractivity contribution in [3.8, 4) is 0 Å². The number of nitrogens with one attached hydrogen (secondary N) is 1. The van der Waals surface area contributed by atoms with Gasteiger partial charge in [0.1, 0.15) is 0 Å². The zero-order chi connectivity index (χ0) is 16.0. The highest BCUT2D eigenvalue weighted by atomic mass is 16.5. The van der Waals surface area contributed by atoms with Crippen molar-refractivity contribution in [1.82, 2.24) is 0 Å². The number of fused-ring (bicyclic) bond motifs is 1. The van der Waals surface area contributed by atoms with Crippen LogP contribution in [0.4, 0.5) is 17.1 Å². The van der Waals surface area contributed by atoms with Crippen LogP contribution in [0.5, 0.6) is 0 Å². The highest BCUT2D eigenvalue weighted by Crippen LogP contribution is 2.37. The SMILES string of the molecule is C=CCC1CN(C)c2cc(C(=O)OC)cc(N)c2N1.CC. The number of hydrogen-bond acceptors (Lipinski definition) is 5. The van der Waals surface area contributed by atoms with Gasteiger partial charge in [-0.3, -0.25) is 0 Å². The van der Waals surface area contributed by atoms with E-state index in [2.05, 4.69) is 16.8 Å². The van der Waals surface area contributed by atoms with E-state index in [9.17, 15) is 4.79 Å². The first-order chi connectivity index (χ1) is 10.1. The Balaban J connectivity index is 0.00000106. The van der Waals surface area contributed by atoms with E-state index < -0.39 is 0 Å². The van der Waals surface area contributed by atoms with Crippen molar-refractivity contribution in [3.63, 3.8) is 0 Å². The highest BCUT2D eigenvalue weighted by Gasteiger charge is 2.24. The average Bonchev–Trinajstić information content (AvgIpc) is 2.49. The molecule has 0 spiro atoms. The molecule has 116 valence electrons. The van der Waals surface area contributed by atoms with Gasteiger partial charge in [0.05, 0.1) is 29.7 Å². The molecule has 5 nitrogen and oxygen atoms in total. The fourth-order valence-corrected chi connectivity index (χ4v) is 2.36. The second-order valence-corrected chi connectivity index (χ2v) is 4.70. The Kier molecular flexibility index (Phi) is 6.09. The molecule has 1 unspecified atom stereocenters. The van der Waals surface area contributed by atoms with Gasteiger partial charge in [0.25, 0.3) is 0 Å². The zero-order valence-corrected chi connectivity index (χ0v) is 13.3. The number of anilines is 3. The number of esters is 1. The van der Waals surface area contributed by atoms with Crippen LogP contribution >= 0.6 is 0 Å². The summed E-state index contributed by atoms with van der Waals surface area (Å²) < 4.78 is 4.73. The lowest BCUT2D eigenvalue weighted by Gasteiger charge is -2.35. The number of benzene rings is 1. The van der Waals surface area contributed by atoms with Crippen molar-refractivity contribution in [3.05, 3.63) is 30.4 Å². The Morgan fingerprint density at radius 2 is 2.24 bits per heavy atom. The van der Waals surface area contributed by atoms with Crippen molar-refractivity contribution >= 4 is 23.0 Å². The number of likely N-dealkylation sites (N-methyl/N-ethyl adjacent to an activating group) is 1. The van der Waals surface area contributed by atoms with Gasteiger partial charge in [-0.1, -0.05) is 19.9 Å². The lowest BCUT2D eigenvalue weighted by Crippen LogP contribution is -2.39. The number of carbonyl (C=O) groups excluding carboxylic acids is 1. The van der Waals surface area contributed by atoms with Crippen LogP contribution in [0.2, 0.25) is 0 Å². The van der Waals surface area contributed by atoms with Gasteiger partial charge >= 0.3 is 5.97 Å². The van der Waals surface area contributed by atoms with E-state index in [0.29, 0.717) is 11.3 Å². The summed E-state index contributed by atoms with van der Waals surface area (Å²) >= 11 is 0. The number of nitrogens with zero attached hydrogens (tertiary/aromatic N) is 1. The molecule has 1 aromatic rings. The summed E-state index contributed by atoms with van der Waals surface area (Å²) in [5.41, 5.74) is 8.84. The van der Waals surface area contributed by atoms with Crippen LogP contribution in [0.1, 0.15) is 30.6 Å². The number of ether oxygens (including phenoxy) is 1. The Morgan fingerprint density at radius 3 is 2.81 bits per heavy atom. The number of carbonyl (C=O) groups is 1. The quantitative estimate of drug-likeness (QED) is 0.509. The summed E-state index contributed by atoms with van der Waals surface area (Å²) in [4.78, 5) is 13.7. The Hall–Kier alpha value is -2.17. The van der Waals surface area contributed by atoms with Gasteiger partial charge < -0.3 is 20.7 Å². The van der Waals surface area contributed by atoms with E-state index in [-0.39, 0.29) is 12.0 Å². The van der Waals surface area contributed by atoms with Gasteiger partial charge in [0, 0.05) is 19.6 Å². The third-order valence-corrected chi connectivity index (χ3v) is 3.27. The van der Waals surface area contributed by atoms with E-state index in [1.807, 2.05) is 27.0 Å². The maximum Gasteiger partial charge on any atom is 0.338 e. The summed E-state index contributed by atoms with van der Waals surface area (Å²) in [6.07, 6.45) is 2.75. The summed E-state index contributed by atoms with van der Waals surface area (Å²) in [6.45, 7) is 8.59. The van der Waals surface area contributed by atoms with Gasteiger partial charge in [-0.2, -0.15) is 0 Å². The lowest BCUT2D eigenvalue weighted by molar-refractivity contribution is 0.0601. The van der Waals surface area contributed by atoms with E-state index in [4.69, 9.17) is 10.5 Å². The van der Waals surface area contributed by atoms with Crippen molar-refractivity contribution in [2.24, 2.45) is 0 Å². The third-order valence-electron chi connectivity index (χ3n) is 3.27. The molecule has 1 aliphatic rings. The van der Waals surface area contributed by atoms with Gasteiger partial charge in [0.2, 0.25) is 0 Å². The maximum atomic E-state index is 11.6. The number of hydrogen-bond donors (Lipinski definition) is 2. The highest BCUT2D eigenvalue weighted by molar-refractivity contribution is 5.96. The number of methoxy groups -OCH3 is 1. The minimum absolute atomic E-state index is 0.279. The standard InChI is InChI=1S/C14H19N3O2.C2H6/c1-4-5-10-8-17(2)12-7-9(14(18)19-3)6-11(15)13(12)16-10;1-2/h4,6-7,10,16H,1,5,8,15H2,2-3H3;1-2H3. The maximum absolute atomic E-state index is 11.6. The molecule has 21 heavy (non-hydrogen) atoms. The molecule has 1 aliphatic heterocycles. The number of nitrogens with two attached hydrogens (primary N) is 1. The van der Waals surface area contributed by atoms with Crippen LogP contribution in [0.15, 0.2) is 24.8 Å². The molecule has 0 fully saturated rings. The molecule has 0 bridgehead atoms. The molecule has 1 atom stereocenters. The summed E-state index contributed by atoms with van der Waals surface area (Å²) in [5.74, 6) is -0.379. The van der Waals surface area contributed by atoms with Crippen LogP contribution in [-0.2, 0) is 4.74 Å². The van der Waals surface area contributed by atoms with Crippen LogP contribution < -0.4 is 16.0 Å². The second-order valence-electron chi connectivity index (χ2n) is 4.70. The molecule has 0 aromatic heterocycles. The van der Waals surface area contributed by atoms with Crippen molar-refractivity contribution in [2.45, 2.75) is 26.3 Å². The van der Waals surface area contributed by atoms with Crippen molar-refractivity contribution in [2.75, 3.05) is 36.7 Å². The topological polar surface area (TPSA) is 67.6 Å². The minimum Gasteiger partial charge on any atom is -0.465 e. The smallest absolute Gasteiger partial charge is 0.338 e. The molecule has 1 heterocycles. The first kappa shape index (κ1) is 16.9. The minimum atomic E-state index is -0.379. The van der Waals surface area contributed by atoms with E-state index in [0.717, 1.165) is 24.3 Å². The average molecular weight is 291 g/mol. The normalized spacial score (nSPS) is 16.0. The van der Waals surface area contributed by atoms with Gasteiger partial charge in [-0.05, 0) is 18.6 Å². The third kappa shape index (κ3) is 3.68. The predicted molar refractivity (Wildman–Crippen MR) is 89.0 cm³/mol. The predicted octanol–water partition coefficient (Wildman–Crippen LogP) is 2.89. The van der Waals surface area contributed by atoms with Crippen LogP contribution in [0.25, 0.3) is 0 Å². The fraction of sp³-hybridized carbons (Fsp3) is 0.438. The second kappa shape index (κ2) is 7.57. The van der Waals surface area contributed by atoms with Gasteiger partial charge in [-0.15, -0.1) is 6.58 Å². The molecule has 5 heteroatoms. The van der Waals surface area contributed by atoms with Crippen LogP contribution in [-0.4, -0.2) is 32.7 Å². The molecule has 0 amide bonds. The van der Waals surface area contributed by atoms with E-state index >= 15 is 0 Å². The van der Waals surface area contributed by atoms with Crippen LogP contribution in [0.3, 0.4) is 0 Å². The zero-order valence-electron chi connectivity index (χ0n) is 13.3. The molecule has 0 saturated carbocycles. The Morgan fingerprint density at radius 1 is 1.57 bits per heavy atom. The molecule has 2 rings (SSSR count). The van der Waals surface area contributed by atoms with E-state index in [1.165, 1.54) is 7.11 Å². The molecule has 3 N–H and O–H groups in total. The number of rotatable bonds is 3. The molecular formula is C16H25N3O2. The first-order valence-corrected chi connectivity index (χ1v) is 7.17. The van der Waals surface area contributed by atoms with Crippen LogP contribution in [0, 0.1) is 0 Å². The molecule has 1 aromatic carbocycles. The summed E-state index contributed by atoms with van der Waals surface area (Å²) in [6, 6.07) is 3.72. The molecule has 0 saturated heterocycles. The molecule has 0 radical (unpaired) electrons. The van der Waals surface area contributed by atoms with E-state index in [1.54, 1.807) is 12.1 Å². The lowest BCUT2D eigenvalue weighted by atomic mass is 10.0. The Labute approximate surface area is 126 Å². The Bertz CT molecular complexity index is 514.